The molecule has 1 aromatic carbocycles. The highest BCUT2D eigenvalue weighted by Crippen LogP contribution is 2.37. The topological polar surface area (TPSA) is 54.7 Å². The van der Waals surface area contributed by atoms with Gasteiger partial charge in [-0.15, -0.1) is 21.6 Å². The molecule has 0 atom stereocenters. The van der Waals surface area contributed by atoms with Crippen LogP contribution >= 0.6 is 38.6 Å². The van der Waals surface area contributed by atoms with Gasteiger partial charge in [0.05, 0.1) is 10.4 Å². The Bertz CT molecular complexity index is 884. The standard InChI is InChI=1S/C14H7BrF3N3OS2/c15-13-19-12-9(23-13)6-11(24-12)21-20-8-3-1-7(2-4-8)5-10(22)14(16,17)18/h1-4,6H,5H2. The van der Waals surface area contributed by atoms with Gasteiger partial charge >= 0.3 is 6.18 Å². The first-order valence-electron chi connectivity index (χ1n) is 6.48. The Balaban J connectivity index is 1.69. The number of aromatic nitrogens is 1. The average Bonchev–Trinajstić information content (AvgIpc) is 3.02. The van der Waals surface area contributed by atoms with Crippen molar-refractivity contribution in [1.82, 2.24) is 4.98 Å². The van der Waals surface area contributed by atoms with E-state index in [9.17, 15) is 18.0 Å². The van der Waals surface area contributed by atoms with E-state index < -0.39 is 18.4 Å². The molecule has 0 N–H and O–H groups in total. The Kier molecular flexibility index (Phi) is 4.79. The molecular formula is C14H7BrF3N3OS2. The van der Waals surface area contributed by atoms with Crippen molar-refractivity contribution in [3.05, 3.63) is 39.8 Å². The fourth-order valence-corrected chi connectivity index (χ4v) is 4.39. The highest BCUT2D eigenvalue weighted by Gasteiger charge is 2.37. The van der Waals surface area contributed by atoms with Crippen LogP contribution in [-0.4, -0.2) is 16.9 Å². The van der Waals surface area contributed by atoms with Gasteiger partial charge < -0.3 is 0 Å². The molecule has 0 aliphatic carbocycles. The van der Waals surface area contributed by atoms with Crippen LogP contribution in [0.2, 0.25) is 0 Å². The number of carbonyl (C=O) groups is 1. The number of thiazole rings is 1. The van der Waals surface area contributed by atoms with Crippen molar-refractivity contribution in [3.8, 4) is 0 Å². The van der Waals surface area contributed by atoms with E-state index in [1.165, 1.54) is 46.9 Å². The van der Waals surface area contributed by atoms with E-state index in [4.69, 9.17) is 0 Å². The molecule has 0 saturated heterocycles. The molecule has 3 rings (SSSR count). The zero-order chi connectivity index (χ0) is 17.3. The van der Waals surface area contributed by atoms with Crippen LogP contribution in [0.5, 0.6) is 0 Å². The SMILES string of the molecule is O=C(Cc1ccc(N=Nc2cc3sc(Br)nc3s2)cc1)C(F)(F)F. The summed E-state index contributed by atoms with van der Waals surface area (Å²) in [7, 11) is 0. The van der Waals surface area contributed by atoms with Gasteiger partial charge in [-0.05, 0) is 39.7 Å². The third-order valence-corrected chi connectivity index (χ3v) is 5.43. The molecule has 0 amide bonds. The number of thiophene rings is 1. The van der Waals surface area contributed by atoms with Gasteiger partial charge in [-0.25, -0.2) is 4.98 Å². The maximum atomic E-state index is 12.2. The quantitative estimate of drug-likeness (QED) is 0.459. The summed E-state index contributed by atoms with van der Waals surface area (Å²) < 4.78 is 38.5. The van der Waals surface area contributed by atoms with Gasteiger partial charge in [0.15, 0.2) is 3.92 Å². The summed E-state index contributed by atoms with van der Waals surface area (Å²) >= 11 is 6.19. The number of nitrogens with zero attached hydrogens (tertiary/aromatic N) is 3. The van der Waals surface area contributed by atoms with Gasteiger partial charge in [0.2, 0.25) is 5.78 Å². The minimum Gasteiger partial charge on any atom is -0.289 e. The van der Waals surface area contributed by atoms with Gasteiger partial charge in [0.25, 0.3) is 0 Å². The second-order valence-corrected chi connectivity index (χ2v) is 8.00. The molecule has 2 aromatic heterocycles. The number of ketones is 1. The van der Waals surface area contributed by atoms with Crippen LogP contribution in [0.3, 0.4) is 0 Å². The second kappa shape index (κ2) is 6.69. The molecule has 3 aromatic rings. The van der Waals surface area contributed by atoms with Crippen LogP contribution < -0.4 is 0 Å². The van der Waals surface area contributed by atoms with Crippen molar-refractivity contribution in [1.29, 1.82) is 0 Å². The summed E-state index contributed by atoms with van der Waals surface area (Å²) in [6, 6.07) is 7.77. The number of fused-ring (bicyclic) bond motifs is 1. The molecule has 24 heavy (non-hydrogen) atoms. The first kappa shape index (κ1) is 17.2. The summed E-state index contributed by atoms with van der Waals surface area (Å²) in [5.74, 6) is -1.77. The first-order chi connectivity index (χ1) is 11.3. The van der Waals surface area contributed by atoms with Crippen molar-refractivity contribution in [2.75, 3.05) is 0 Å². The van der Waals surface area contributed by atoms with Gasteiger partial charge in [-0.3, -0.25) is 4.79 Å². The summed E-state index contributed by atoms with van der Waals surface area (Å²) in [5, 5.41) is 8.82. The van der Waals surface area contributed by atoms with E-state index in [-0.39, 0.29) is 5.56 Å². The molecule has 0 fully saturated rings. The van der Waals surface area contributed by atoms with Crippen molar-refractivity contribution >= 4 is 64.6 Å². The van der Waals surface area contributed by atoms with Crippen LogP contribution in [0, 0.1) is 0 Å². The summed E-state index contributed by atoms with van der Waals surface area (Å²) in [6.07, 6.45) is -5.49. The van der Waals surface area contributed by atoms with Crippen LogP contribution in [0.1, 0.15) is 5.56 Å². The molecule has 0 unspecified atom stereocenters. The van der Waals surface area contributed by atoms with Crippen LogP contribution in [0.4, 0.5) is 23.9 Å². The first-order valence-corrected chi connectivity index (χ1v) is 8.90. The molecular weight excluding hydrogens is 427 g/mol. The lowest BCUT2D eigenvalue weighted by molar-refractivity contribution is -0.170. The molecule has 2 heterocycles. The van der Waals surface area contributed by atoms with Crippen molar-refractivity contribution < 1.29 is 18.0 Å². The number of hydrogen-bond acceptors (Lipinski definition) is 6. The lowest BCUT2D eigenvalue weighted by Crippen LogP contribution is -2.24. The van der Waals surface area contributed by atoms with E-state index in [1.54, 1.807) is 0 Å². The maximum Gasteiger partial charge on any atom is 0.450 e. The predicted molar refractivity (Wildman–Crippen MR) is 90.6 cm³/mol. The van der Waals surface area contributed by atoms with Gasteiger partial charge in [-0.1, -0.05) is 23.5 Å². The number of alkyl halides is 3. The van der Waals surface area contributed by atoms with Crippen molar-refractivity contribution in [3.63, 3.8) is 0 Å². The zero-order valence-electron chi connectivity index (χ0n) is 11.7. The fraction of sp³-hybridized carbons (Fsp3) is 0.143. The minimum atomic E-state index is -4.81. The molecule has 0 spiro atoms. The molecule has 0 radical (unpaired) electrons. The molecule has 0 aliphatic heterocycles. The van der Waals surface area contributed by atoms with Crippen molar-refractivity contribution in [2.24, 2.45) is 10.2 Å². The van der Waals surface area contributed by atoms with E-state index in [1.807, 2.05) is 6.07 Å². The normalized spacial score (nSPS) is 12.3. The molecule has 10 heteroatoms. The van der Waals surface area contributed by atoms with Gasteiger partial charge in [0.1, 0.15) is 9.83 Å². The van der Waals surface area contributed by atoms with E-state index in [0.717, 1.165) is 13.4 Å². The Morgan fingerprint density at radius 3 is 2.50 bits per heavy atom. The second-order valence-electron chi connectivity index (χ2n) is 4.69. The lowest BCUT2D eigenvalue weighted by atomic mass is 10.1. The van der Waals surface area contributed by atoms with Crippen LogP contribution in [0.15, 0.2) is 44.5 Å². The number of rotatable bonds is 4. The van der Waals surface area contributed by atoms with E-state index in [2.05, 4.69) is 31.1 Å². The highest BCUT2D eigenvalue weighted by molar-refractivity contribution is 9.11. The molecule has 0 saturated carbocycles. The molecule has 124 valence electrons. The number of Topliss-reactive ketones (excluding diaryl/α,β-unsaturated/α-hetero) is 1. The highest BCUT2D eigenvalue weighted by atomic mass is 79.9. The fourth-order valence-electron chi connectivity index (χ4n) is 1.82. The van der Waals surface area contributed by atoms with Gasteiger partial charge in [0, 0.05) is 6.42 Å². The smallest absolute Gasteiger partial charge is 0.289 e. The van der Waals surface area contributed by atoms with Gasteiger partial charge in [-0.2, -0.15) is 13.2 Å². The number of halogens is 4. The lowest BCUT2D eigenvalue weighted by Gasteiger charge is -2.04. The average molecular weight is 434 g/mol. The zero-order valence-corrected chi connectivity index (χ0v) is 14.9. The summed E-state index contributed by atoms with van der Waals surface area (Å²) in [4.78, 5) is 16.1. The molecule has 4 nitrogen and oxygen atoms in total. The Labute approximate surface area is 150 Å². The minimum absolute atomic E-state index is 0.280. The largest absolute Gasteiger partial charge is 0.450 e. The Morgan fingerprint density at radius 2 is 1.88 bits per heavy atom. The third kappa shape index (κ3) is 4.05. The monoisotopic (exact) mass is 433 g/mol. The Morgan fingerprint density at radius 1 is 1.17 bits per heavy atom. The summed E-state index contributed by atoms with van der Waals surface area (Å²) in [5.41, 5.74) is 0.770. The van der Waals surface area contributed by atoms with Crippen LogP contribution in [0.25, 0.3) is 9.53 Å². The van der Waals surface area contributed by atoms with Crippen molar-refractivity contribution in [2.45, 2.75) is 12.6 Å². The molecule has 0 aliphatic rings. The number of carbonyl (C=O) groups excluding carboxylic acids is 1. The number of azo groups is 1. The Hall–Kier alpha value is -1.65. The van der Waals surface area contributed by atoms with E-state index >= 15 is 0 Å². The van der Waals surface area contributed by atoms with E-state index in [0.29, 0.717) is 10.7 Å². The predicted octanol–water partition coefficient (Wildman–Crippen LogP) is 6.21. The van der Waals surface area contributed by atoms with Crippen LogP contribution in [-0.2, 0) is 11.2 Å². The maximum absolute atomic E-state index is 12.2. The number of benzene rings is 1. The molecule has 0 bridgehead atoms. The third-order valence-electron chi connectivity index (χ3n) is 2.93. The number of hydrogen-bond donors (Lipinski definition) is 0. The summed E-state index contributed by atoms with van der Waals surface area (Å²) in [6.45, 7) is 0.